The molecule has 0 aliphatic carbocycles. The number of amidine groups is 1. The van der Waals surface area contributed by atoms with Gasteiger partial charge in [0.15, 0.2) is 0 Å². The van der Waals surface area contributed by atoms with Gasteiger partial charge in [0, 0.05) is 20.1 Å². The summed E-state index contributed by atoms with van der Waals surface area (Å²) >= 11 is 0. The van der Waals surface area contributed by atoms with Crippen LogP contribution in [0.1, 0.15) is 19.8 Å². The zero-order valence-electron chi connectivity index (χ0n) is 11.8. The summed E-state index contributed by atoms with van der Waals surface area (Å²) in [5, 5.41) is 5.29. The summed E-state index contributed by atoms with van der Waals surface area (Å²) in [5.41, 5.74) is 5.45. The minimum Gasteiger partial charge on any atom is -0.388 e. The summed E-state index contributed by atoms with van der Waals surface area (Å²) in [5.74, 6) is 0.291. The van der Waals surface area contributed by atoms with Crippen molar-refractivity contribution in [3.05, 3.63) is 0 Å². The number of amides is 2. The Bertz CT molecular complexity index is 365. The molecule has 1 aliphatic rings. The fourth-order valence-corrected chi connectivity index (χ4v) is 2.14. The molecule has 0 aromatic carbocycles. The van der Waals surface area contributed by atoms with E-state index < -0.39 is 6.04 Å². The first-order valence-corrected chi connectivity index (χ1v) is 6.44. The summed E-state index contributed by atoms with van der Waals surface area (Å²) in [6, 6.07) is -0.669. The summed E-state index contributed by atoms with van der Waals surface area (Å²) in [4.78, 5) is 29.5. The minimum absolute atomic E-state index is 0.101. The maximum atomic E-state index is 12.0. The molecule has 2 atom stereocenters. The molecule has 0 aromatic heterocycles. The van der Waals surface area contributed by atoms with Gasteiger partial charge in [0.05, 0.1) is 11.9 Å². The van der Waals surface area contributed by atoms with E-state index in [2.05, 4.69) is 15.6 Å². The average Bonchev–Trinajstić information content (AvgIpc) is 2.35. The molecule has 2 amide bonds. The highest BCUT2D eigenvalue weighted by Gasteiger charge is 2.34. The van der Waals surface area contributed by atoms with Gasteiger partial charge >= 0.3 is 0 Å². The number of piperazine rings is 1. The monoisotopic (exact) mass is 269 g/mol. The van der Waals surface area contributed by atoms with E-state index in [0.717, 1.165) is 6.42 Å². The van der Waals surface area contributed by atoms with Gasteiger partial charge in [0.1, 0.15) is 6.04 Å². The molecule has 7 nitrogen and oxygen atoms in total. The van der Waals surface area contributed by atoms with Crippen molar-refractivity contribution in [2.24, 2.45) is 10.7 Å². The van der Waals surface area contributed by atoms with Crippen LogP contribution in [0.25, 0.3) is 0 Å². The third-order valence-electron chi connectivity index (χ3n) is 3.18. The number of hydrogen-bond acceptors (Lipinski definition) is 4. The Morgan fingerprint density at radius 1 is 1.63 bits per heavy atom. The van der Waals surface area contributed by atoms with Crippen LogP contribution in [0, 0.1) is 0 Å². The number of carbonyl (C=O) groups is 2. The van der Waals surface area contributed by atoms with E-state index in [0.29, 0.717) is 25.3 Å². The molecule has 0 spiro atoms. The van der Waals surface area contributed by atoms with Crippen molar-refractivity contribution in [2.75, 3.05) is 27.2 Å². The van der Waals surface area contributed by atoms with Crippen LogP contribution in [0.2, 0.25) is 0 Å². The highest BCUT2D eigenvalue weighted by molar-refractivity contribution is 5.91. The van der Waals surface area contributed by atoms with Crippen LogP contribution < -0.4 is 16.4 Å². The lowest BCUT2D eigenvalue weighted by molar-refractivity contribution is -0.136. The van der Waals surface area contributed by atoms with Gasteiger partial charge in [-0.05, 0) is 26.8 Å². The zero-order valence-corrected chi connectivity index (χ0v) is 11.8. The first kappa shape index (κ1) is 15.4. The lowest BCUT2D eigenvalue weighted by Gasteiger charge is -2.36. The van der Waals surface area contributed by atoms with Crippen LogP contribution in [0.5, 0.6) is 0 Å². The van der Waals surface area contributed by atoms with Gasteiger partial charge in [-0.1, -0.05) is 0 Å². The molecule has 1 saturated heterocycles. The van der Waals surface area contributed by atoms with Crippen molar-refractivity contribution < 1.29 is 9.59 Å². The highest BCUT2D eigenvalue weighted by atomic mass is 16.2. The Labute approximate surface area is 113 Å². The Morgan fingerprint density at radius 2 is 2.32 bits per heavy atom. The van der Waals surface area contributed by atoms with E-state index in [-0.39, 0.29) is 17.9 Å². The van der Waals surface area contributed by atoms with Gasteiger partial charge in [-0.25, -0.2) is 0 Å². The molecule has 0 saturated carbocycles. The lowest BCUT2D eigenvalue weighted by atomic mass is 10.0. The molecule has 1 heterocycles. The summed E-state index contributed by atoms with van der Waals surface area (Å²) in [7, 11) is 3.42. The topological polar surface area (TPSA) is 99.8 Å². The van der Waals surface area contributed by atoms with Crippen LogP contribution in [-0.2, 0) is 9.59 Å². The van der Waals surface area contributed by atoms with E-state index in [4.69, 9.17) is 5.73 Å². The average molecular weight is 269 g/mol. The van der Waals surface area contributed by atoms with Gasteiger partial charge in [0.2, 0.25) is 11.8 Å². The second kappa shape index (κ2) is 7.08. The molecule has 7 heteroatoms. The van der Waals surface area contributed by atoms with Crippen molar-refractivity contribution in [1.29, 1.82) is 0 Å². The predicted molar refractivity (Wildman–Crippen MR) is 73.8 cm³/mol. The van der Waals surface area contributed by atoms with Gasteiger partial charge in [-0.3, -0.25) is 19.5 Å². The van der Waals surface area contributed by atoms with Crippen molar-refractivity contribution in [3.8, 4) is 0 Å². The largest absolute Gasteiger partial charge is 0.388 e. The van der Waals surface area contributed by atoms with Gasteiger partial charge in [-0.15, -0.1) is 0 Å². The van der Waals surface area contributed by atoms with Crippen LogP contribution in [0.3, 0.4) is 0 Å². The molecule has 19 heavy (non-hydrogen) atoms. The van der Waals surface area contributed by atoms with Gasteiger partial charge < -0.3 is 16.4 Å². The molecule has 1 aliphatic heterocycles. The quantitative estimate of drug-likeness (QED) is 0.328. The summed E-state index contributed by atoms with van der Waals surface area (Å²) in [6.45, 7) is 2.89. The maximum absolute atomic E-state index is 12.0. The molecule has 0 radical (unpaired) electrons. The van der Waals surface area contributed by atoms with Crippen LogP contribution in [0.15, 0.2) is 4.99 Å². The van der Waals surface area contributed by atoms with E-state index in [1.165, 1.54) is 0 Å². The molecule has 0 aromatic rings. The van der Waals surface area contributed by atoms with Crippen molar-refractivity contribution in [2.45, 2.75) is 31.8 Å². The first-order valence-electron chi connectivity index (χ1n) is 6.44. The number of aliphatic imine (C=N–C) groups is 1. The third-order valence-corrected chi connectivity index (χ3v) is 3.18. The Kier molecular flexibility index (Phi) is 5.75. The van der Waals surface area contributed by atoms with Crippen LogP contribution >= 0.6 is 0 Å². The van der Waals surface area contributed by atoms with Crippen molar-refractivity contribution in [3.63, 3.8) is 0 Å². The number of hydrogen-bond donors (Lipinski definition) is 3. The van der Waals surface area contributed by atoms with Crippen molar-refractivity contribution >= 4 is 17.6 Å². The van der Waals surface area contributed by atoms with E-state index >= 15 is 0 Å². The normalized spacial score (nSPS) is 25.0. The number of likely N-dealkylation sites (N-methyl/N-ethyl adjacent to an activating group) is 2. The second-order valence-corrected chi connectivity index (χ2v) is 4.80. The molecule has 1 unspecified atom stereocenters. The zero-order chi connectivity index (χ0) is 14.4. The van der Waals surface area contributed by atoms with Gasteiger partial charge in [0.25, 0.3) is 0 Å². The Balaban J connectivity index is 2.47. The second-order valence-electron chi connectivity index (χ2n) is 4.80. The molecule has 108 valence electrons. The smallest absolute Gasteiger partial charge is 0.243 e. The molecule has 1 fully saturated rings. The van der Waals surface area contributed by atoms with E-state index in [1.807, 2.05) is 11.9 Å². The molecular weight excluding hydrogens is 246 g/mol. The minimum atomic E-state index is -0.469. The number of nitrogens with two attached hydrogens (primary N) is 1. The standard InChI is InChI=1S/C12H23N5O2/c1-8(13)15-6-4-5-10-12(19)16-9(7-17(10)3)11(18)14-2/h9-10H,4-7H2,1-3H3,(H2,13,15)(H,14,18)(H,16,19)/t9?,10-/m0/s1. The first-order chi connectivity index (χ1) is 8.95. The third kappa shape index (κ3) is 4.51. The molecule has 0 bridgehead atoms. The molecule has 1 rings (SSSR count). The number of carbonyl (C=O) groups excluding carboxylic acids is 2. The number of rotatable bonds is 5. The fourth-order valence-electron chi connectivity index (χ4n) is 2.14. The van der Waals surface area contributed by atoms with Crippen molar-refractivity contribution in [1.82, 2.24) is 15.5 Å². The number of nitrogens with zero attached hydrogens (tertiary/aromatic N) is 2. The summed E-state index contributed by atoms with van der Waals surface area (Å²) < 4.78 is 0. The molecular formula is C12H23N5O2. The van der Waals surface area contributed by atoms with E-state index in [1.54, 1.807) is 14.0 Å². The van der Waals surface area contributed by atoms with Crippen LogP contribution in [0.4, 0.5) is 0 Å². The van der Waals surface area contributed by atoms with Gasteiger partial charge in [-0.2, -0.15) is 0 Å². The Morgan fingerprint density at radius 3 is 2.84 bits per heavy atom. The molecule has 4 N–H and O–H groups in total. The summed E-state index contributed by atoms with van der Waals surface area (Å²) in [6.07, 6.45) is 1.50. The highest BCUT2D eigenvalue weighted by Crippen LogP contribution is 2.11. The van der Waals surface area contributed by atoms with E-state index in [9.17, 15) is 9.59 Å². The fraction of sp³-hybridized carbons (Fsp3) is 0.750. The predicted octanol–water partition coefficient (Wildman–Crippen LogP) is -1.31. The SMILES string of the molecule is CNC(=O)C1CN(C)[C@@H](CCCN=C(C)N)C(=O)N1. The van der Waals surface area contributed by atoms with Crippen LogP contribution in [-0.4, -0.2) is 61.8 Å². The lowest BCUT2D eigenvalue weighted by Crippen LogP contribution is -2.62. The Hall–Kier alpha value is -1.63. The number of nitrogens with one attached hydrogen (secondary N) is 2. The maximum Gasteiger partial charge on any atom is 0.243 e.